The molecule has 2 aromatic rings. The highest BCUT2D eigenvalue weighted by molar-refractivity contribution is 7.08. The molecule has 0 saturated carbocycles. The second kappa shape index (κ2) is 6.27. The van der Waals surface area contributed by atoms with E-state index in [0.717, 1.165) is 5.56 Å². The number of likely N-dealkylation sites (tertiary alicyclic amines) is 1. The molecule has 2 heterocycles. The SMILES string of the molecule is O=C(N[C@H]1CC(=O)N(Cc2ccc(F)cc2)C1)c1ccsc1. The molecular weight excluding hydrogens is 303 g/mol. The highest BCUT2D eigenvalue weighted by Crippen LogP contribution is 2.16. The number of nitrogens with zero attached hydrogens (tertiary/aromatic N) is 1. The number of nitrogens with one attached hydrogen (secondary N) is 1. The molecule has 1 aromatic carbocycles. The van der Waals surface area contributed by atoms with Crippen LogP contribution in [0.4, 0.5) is 4.39 Å². The molecule has 0 spiro atoms. The first-order valence-corrected chi connectivity index (χ1v) is 7.91. The predicted molar refractivity (Wildman–Crippen MR) is 82.0 cm³/mol. The third kappa shape index (κ3) is 3.33. The summed E-state index contributed by atoms with van der Waals surface area (Å²) in [6.07, 6.45) is 0.303. The van der Waals surface area contributed by atoms with Crippen molar-refractivity contribution in [3.63, 3.8) is 0 Å². The monoisotopic (exact) mass is 318 g/mol. The zero-order valence-corrected chi connectivity index (χ0v) is 12.6. The van der Waals surface area contributed by atoms with E-state index in [0.29, 0.717) is 25.1 Å². The largest absolute Gasteiger partial charge is 0.347 e. The molecule has 1 aromatic heterocycles. The summed E-state index contributed by atoms with van der Waals surface area (Å²) in [6.45, 7) is 0.913. The zero-order chi connectivity index (χ0) is 15.5. The second-order valence-electron chi connectivity index (χ2n) is 5.29. The Morgan fingerprint density at radius 1 is 1.32 bits per heavy atom. The summed E-state index contributed by atoms with van der Waals surface area (Å²) in [7, 11) is 0. The summed E-state index contributed by atoms with van der Waals surface area (Å²) in [4.78, 5) is 25.7. The molecule has 6 heteroatoms. The molecule has 1 N–H and O–H groups in total. The Morgan fingerprint density at radius 3 is 2.77 bits per heavy atom. The number of benzene rings is 1. The number of rotatable bonds is 4. The fraction of sp³-hybridized carbons (Fsp3) is 0.250. The van der Waals surface area contributed by atoms with Crippen LogP contribution in [0.3, 0.4) is 0 Å². The van der Waals surface area contributed by atoms with Gasteiger partial charge in [-0.2, -0.15) is 11.3 Å². The molecule has 0 radical (unpaired) electrons. The van der Waals surface area contributed by atoms with Gasteiger partial charge in [-0.3, -0.25) is 9.59 Å². The molecule has 2 amide bonds. The van der Waals surface area contributed by atoms with Gasteiger partial charge < -0.3 is 10.2 Å². The lowest BCUT2D eigenvalue weighted by molar-refractivity contribution is -0.128. The van der Waals surface area contributed by atoms with Gasteiger partial charge in [-0.25, -0.2) is 4.39 Å². The molecule has 0 aliphatic carbocycles. The van der Waals surface area contributed by atoms with E-state index in [4.69, 9.17) is 0 Å². The van der Waals surface area contributed by atoms with Gasteiger partial charge in [0.2, 0.25) is 5.91 Å². The molecule has 1 aliphatic rings. The third-order valence-corrected chi connectivity index (χ3v) is 4.30. The van der Waals surface area contributed by atoms with Crippen LogP contribution < -0.4 is 5.32 Å². The van der Waals surface area contributed by atoms with Gasteiger partial charge in [0.1, 0.15) is 5.82 Å². The average molecular weight is 318 g/mol. The van der Waals surface area contributed by atoms with E-state index in [1.165, 1.54) is 23.5 Å². The van der Waals surface area contributed by atoms with Crippen molar-refractivity contribution >= 4 is 23.2 Å². The summed E-state index contributed by atoms with van der Waals surface area (Å²) in [5.74, 6) is -0.444. The van der Waals surface area contributed by atoms with Crippen LogP contribution in [0.2, 0.25) is 0 Å². The fourth-order valence-electron chi connectivity index (χ4n) is 2.49. The number of thiophene rings is 1. The van der Waals surface area contributed by atoms with Gasteiger partial charge in [0.15, 0.2) is 0 Å². The van der Waals surface area contributed by atoms with Gasteiger partial charge in [-0.15, -0.1) is 0 Å². The van der Waals surface area contributed by atoms with Crippen LogP contribution in [0.1, 0.15) is 22.3 Å². The minimum absolute atomic E-state index is 0.0000522. The van der Waals surface area contributed by atoms with Gasteiger partial charge in [0.25, 0.3) is 5.91 Å². The van der Waals surface area contributed by atoms with E-state index in [2.05, 4.69) is 5.32 Å². The number of hydrogen-bond donors (Lipinski definition) is 1. The third-order valence-electron chi connectivity index (χ3n) is 3.62. The van der Waals surface area contributed by atoms with Crippen molar-refractivity contribution in [1.82, 2.24) is 10.2 Å². The standard InChI is InChI=1S/C16H15FN2O2S/c17-13-3-1-11(2-4-13)8-19-9-14(7-15(19)20)18-16(21)12-5-6-22-10-12/h1-6,10,14H,7-9H2,(H,18,21)/t14-/m0/s1. The van der Waals surface area contributed by atoms with E-state index in [1.54, 1.807) is 28.5 Å². The molecule has 0 bridgehead atoms. The first-order chi connectivity index (χ1) is 10.6. The lowest BCUT2D eigenvalue weighted by Crippen LogP contribution is -2.36. The van der Waals surface area contributed by atoms with Gasteiger partial charge >= 0.3 is 0 Å². The van der Waals surface area contributed by atoms with Crippen LogP contribution in [-0.4, -0.2) is 29.3 Å². The van der Waals surface area contributed by atoms with Crippen LogP contribution in [0, 0.1) is 5.82 Å². The van der Waals surface area contributed by atoms with Crippen molar-refractivity contribution in [2.24, 2.45) is 0 Å². The normalized spacial score (nSPS) is 17.8. The van der Waals surface area contributed by atoms with Crippen molar-refractivity contribution in [3.05, 3.63) is 58.0 Å². The molecule has 3 rings (SSSR count). The van der Waals surface area contributed by atoms with Crippen LogP contribution in [0.25, 0.3) is 0 Å². The Balaban J connectivity index is 1.58. The van der Waals surface area contributed by atoms with Crippen LogP contribution in [0.15, 0.2) is 41.1 Å². The van der Waals surface area contributed by atoms with E-state index in [1.807, 2.05) is 5.38 Å². The first kappa shape index (κ1) is 14.7. The summed E-state index contributed by atoms with van der Waals surface area (Å²) >= 11 is 1.46. The maximum Gasteiger partial charge on any atom is 0.252 e. The lowest BCUT2D eigenvalue weighted by Gasteiger charge is -2.17. The highest BCUT2D eigenvalue weighted by Gasteiger charge is 2.30. The Hall–Kier alpha value is -2.21. The topological polar surface area (TPSA) is 49.4 Å². The Bertz CT molecular complexity index is 670. The van der Waals surface area contributed by atoms with Crippen molar-refractivity contribution in [1.29, 1.82) is 0 Å². The summed E-state index contributed by atoms with van der Waals surface area (Å²) in [6, 6.07) is 7.67. The quantitative estimate of drug-likeness (QED) is 0.941. The minimum atomic E-state index is -0.294. The van der Waals surface area contributed by atoms with Crippen LogP contribution >= 0.6 is 11.3 Å². The van der Waals surface area contributed by atoms with E-state index >= 15 is 0 Å². The molecule has 1 fully saturated rings. The molecule has 1 atom stereocenters. The maximum absolute atomic E-state index is 12.9. The molecule has 1 aliphatic heterocycles. The van der Waals surface area contributed by atoms with Crippen molar-refractivity contribution in [2.45, 2.75) is 19.0 Å². The first-order valence-electron chi connectivity index (χ1n) is 6.97. The number of carbonyl (C=O) groups excluding carboxylic acids is 2. The van der Waals surface area contributed by atoms with Crippen molar-refractivity contribution in [3.8, 4) is 0 Å². The Morgan fingerprint density at radius 2 is 2.09 bits per heavy atom. The summed E-state index contributed by atoms with van der Waals surface area (Å²) in [5.41, 5.74) is 1.49. The van der Waals surface area contributed by atoms with Gasteiger partial charge in [-0.1, -0.05) is 12.1 Å². The van der Waals surface area contributed by atoms with Gasteiger partial charge in [0.05, 0.1) is 6.04 Å². The Kier molecular flexibility index (Phi) is 4.20. The molecule has 114 valence electrons. The molecule has 22 heavy (non-hydrogen) atoms. The van der Waals surface area contributed by atoms with Crippen molar-refractivity contribution < 1.29 is 14.0 Å². The van der Waals surface area contributed by atoms with E-state index in [-0.39, 0.29) is 23.7 Å². The highest BCUT2D eigenvalue weighted by atomic mass is 32.1. The minimum Gasteiger partial charge on any atom is -0.347 e. The summed E-state index contributed by atoms with van der Waals surface area (Å²) in [5, 5.41) is 6.50. The Labute approximate surface area is 131 Å². The number of carbonyl (C=O) groups is 2. The van der Waals surface area contributed by atoms with Gasteiger partial charge in [-0.05, 0) is 29.1 Å². The van der Waals surface area contributed by atoms with Crippen LogP contribution in [0.5, 0.6) is 0 Å². The number of amides is 2. The molecule has 0 unspecified atom stereocenters. The van der Waals surface area contributed by atoms with E-state index in [9.17, 15) is 14.0 Å². The number of halogens is 1. The zero-order valence-electron chi connectivity index (χ0n) is 11.8. The maximum atomic E-state index is 12.9. The molecule has 1 saturated heterocycles. The second-order valence-corrected chi connectivity index (χ2v) is 6.07. The van der Waals surface area contributed by atoms with Crippen molar-refractivity contribution in [2.75, 3.05) is 6.54 Å². The number of hydrogen-bond acceptors (Lipinski definition) is 3. The van der Waals surface area contributed by atoms with E-state index < -0.39 is 0 Å². The average Bonchev–Trinajstić information content (AvgIpc) is 3.12. The molecular formula is C16H15FN2O2S. The predicted octanol–water partition coefficient (Wildman–Crippen LogP) is 2.42. The summed E-state index contributed by atoms with van der Waals surface area (Å²) < 4.78 is 12.9. The molecule has 4 nitrogen and oxygen atoms in total. The lowest BCUT2D eigenvalue weighted by atomic mass is 10.2. The smallest absolute Gasteiger partial charge is 0.252 e. The van der Waals surface area contributed by atoms with Crippen LogP contribution in [-0.2, 0) is 11.3 Å². The van der Waals surface area contributed by atoms with Gasteiger partial charge in [0, 0.05) is 30.5 Å². The fourth-order valence-corrected chi connectivity index (χ4v) is 3.13.